The van der Waals surface area contributed by atoms with Gasteiger partial charge in [0.1, 0.15) is 5.69 Å². The molecule has 41 heavy (non-hydrogen) atoms. The SMILES string of the molecule is CCC1(C(=O)OC)C(COCCn2cc(-c3ccc(Br)cc3)nn2)NC(C)C(C)(C(=O)OC)C1c1ccccc1Cl. The Hall–Kier alpha value is -2.79. The molecule has 2 aromatic carbocycles. The van der Waals surface area contributed by atoms with Crippen molar-refractivity contribution >= 4 is 39.5 Å². The second-order valence-corrected chi connectivity index (χ2v) is 11.8. The quantitative estimate of drug-likeness (QED) is 0.235. The van der Waals surface area contributed by atoms with Crippen molar-refractivity contribution in [1.29, 1.82) is 0 Å². The zero-order valence-corrected chi connectivity index (χ0v) is 26.2. The lowest BCUT2D eigenvalue weighted by molar-refractivity contribution is -0.178. The lowest BCUT2D eigenvalue weighted by atomic mass is 9.51. The molecule has 9 nitrogen and oxygen atoms in total. The summed E-state index contributed by atoms with van der Waals surface area (Å²) in [5.74, 6) is -1.53. The van der Waals surface area contributed by atoms with Crippen LogP contribution in [0.2, 0.25) is 5.02 Å². The summed E-state index contributed by atoms with van der Waals surface area (Å²) >= 11 is 10.2. The highest BCUT2D eigenvalue weighted by Crippen LogP contribution is 2.58. The molecular formula is C30H36BrClN4O5. The number of carbonyl (C=O) groups is 2. The molecule has 11 heteroatoms. The maximum atomic E-state index is 13.8. The molecule has 3 aromatic rings. The highest BCUT2D eigenvalue weighted by atomic mass is 79.9. The Labute approximate surface area is 254 Å². The van der Waals surface area contributed by atoms with Crippen LogP contribution < -0.4 is 5.32 Å². The van der Waals surface area contributed by atoms with Crippen molar-refractivity contribution in [2.45, 2.75) is 51.7 Å². The Balaban J connectivity index is 1.61. The van der Waals surface area contributed by atoms with E-state index in [1.54, 1.807) is 10.7 Å². The average Bonchev–Trinajstić information content (AvgIpc) is 3.45. The molecule has 4 rings (SSSR count). The van der Waals surface area contributed by atoms with E-state index in [1.807, 2.05) is 69.4 Å². The number of piperidine rings is 1. The Kier molecular flexibility index (Phi) is 9.89. The third kappa shape index (κ3) is 5.80. The summed E-state index contributed by atoms with van der Waals surface area (Å²) in [6, 6.07) is 14.3. The average molecular weight is 648 g/mol. The first kappa shape index (κ1) is 31.2. The van der Waals surface area contributed by atoms with E-state index in [2.05, 4.69) is 31.6 Å². The first-order chi connectivity index (χ1) is 19.6. The van der Waals surface area contributed by atoms with Crippen molar-refractivity contribution in [1.82, 2.24) is 20.3 Å². The number of carbonyl (C=O) groups excluding carboxylic acids is 2. The highest BCUT2D eigenvalue weighted by Gasteiger charge is 2.66. The van der Waals surface area contributed by atoms with Crippen LogP contribution in [0.25, 0.3) is 11.3 Å². The summed E-state index contributed by atoms with van der Waals surface area (Å²) in [6.07, 6.45) is 2.24. The molecule has 1 N–H and O–H groups in total. The van der Waals surface area contributed by atoms with Gasteiger partial charge in [0.2, 0.25) is 0 Å². The van der Waals surface area contributed by atoms with Gasteiger partial charge in [0.25, 0.3) is 0 Å². The van der Waals surface area contributed by atoms with Gasteiger partial charge in [-0.1, -0.05) is 70.0 Å². The summed E-state index contributed by atoms with van der Waals surface area (Å²) in [5.41, 5.74) is 0.101. The minimum Gasteiger partial charge on any atom is -0.469 e. The summed E-state index contributed by atoms with van der Waals surface area (Å²) < 4.78 is 19.6. The maximum Gasteiger partial charge on any atom is 0.314 e. The molecular weight excluding hydrogens is 612 g/mol. The van der Waals surface area contributed by atoms with Crippen molar-refractivity contribution in [3.8, 4) is 11.3 Å². The van der Waals surface area contributed by atoms with Crippen molar-refractivity contribution < 1.29 is 23.8 Å². The van der Waals surface area contributed by atoms with Gasteiger partial charge in [-0.3, -0.25) is 9.59 Å². The van der Waals surface area contributed by atoms with Crippen molar-refractivity contribution in [2.75, 3.05) is 27.4 Å². The molecule has 5 unspecified atom stereocenters. The highest BCUT2D eigenvalue weighted by molar-refractivity contribution is 9.10. The number of nitrogens with zero attached hydrogens (tertiary/aromatic N) is 3. The minimum atomic E-state index is -1.18. The predicted molar refractivity (Wildman–Crippen MR) is 159 cm³/mol. The van der Waals surface area contributed by atoms with Gasteiger partial charge < -0.3 is 19.5 Å². The first-order valence-electron chi connectivity index (χ1n) is 13.5. The monoisotopic (exact) mass is 646 g/mol. The zero-order valence-electron chi connectivity index (χ0n) is 23.9. The molecule has 5 atom stereocenters. The fourth-order valence-corrected chi connectivity index (χ4v) is 6.70. The van der Waals surface area contributed by atoms with Crippen LogP contribution in [0.4, 0.5) is 0 Å². The number of benzene rings is 2. The molecule has 0 radical (unpaired) electrons. The lowest BCUT2D eigenvalue weighted by Gasteiger charge is -2.57. The van der Waals surface area contributed by atoms with Crippen molar-refractivity contribution in [3.05, 3.63) is 69.8 Å². The molecule has 1 saturated heterocycles. The van der Waals surface area contributed by atoms with E-state index >= 15 is 0 Å². The number of hydrogen-bond acceptors (Lipinski definition) is 8. The van der Waals surface area contributed by atoms with Gasteiger partial charge in [-0.05, 0) is 44.0 Å². The number of ether oxygens (including phenoxy) is 3. The van der Waals surface area contributed by atoms with Gasteiger partial charge in [0.15, 0.2) is 0 Å². The number of aromatic nitrogens is 3. The number of halogens is 2. The Bertz CT molecular complexity index is 1370. The van der Waals surface area contributed by atoms with E-state index in [9.17, 15) is 9.59 Å². The van der Waals surface area contributed by atoms with E-state index in [0.29, 0.717) is 30.2 Å². The second-order valence-electron chi connectivity index (χ2n) is 10.5. The molecule has 1 aliphatic heterocycles. The van der Waals surface area contributed by atoms with Crippen LogP contribution in [0, 0.1) is 10.8 Å². The molecule has 0 spiro atoms. The van der Waals surface area contributed by atoms with E-state index in [-0.39, 0.29) is 12.6 Å². The molecule has 0 aliphatic carbocycles. The van der Waals surface area contributed by atoms with Gasteiger partial charge in [-0.2, -0.15) is 0 Å². The maximum absolute atomic E-state index is 13.8. The third-order valence-corrected chi connectivity index (χ3v) is 9.38. The van der Waals surface area contributed by atoms with Crippen LogP contribution in [0.3, 0.4) is 0 Å². The van der Waals surface area contributed by atoms with Crippen LogP contribution in [0.5, 0.6) is 0 Å². The van der Waals surface area contributed by atoms with Gasteiger partial charge in [-0.15, -0.1) is 5.10 Å². The third-order valence-electron chi connectivity index (χ3n) is 8.51. The molecule has 0 saturated carbocycles. The smallest absolute Gasteiger partial charge is 0.314 e. The molecule has 1 fully saturated rings. The largest absolute Gasteiger partial charge is 0.469 e. The van der Waals surface area contributed by atoms with Gasteiger partial charge >= 0.3 is 11.9 Å². The molecule has 1 aromatic heterocycles. The molecule has 2 heterocycles. The summed E-state index contributed by atoms with van der Waals surface area (Å²) in [7, 11) is 2.72. The summed E-state index contributed by atoms with van der Waals surface area (Å²) in [6.45, 7) is 6.66. The Morgan fingerprint density at radius 3 is 2.41 bits per heavy atom. The summed E-state index contributed by atoms with van der Waals surface area (Å²) in [5, 5.41) is 12.5. The number of esters is 2. The molecule has 1 aliphatic rings. The summed E-state index contributed by atoms with van der Waals surface area (Å²) in [4.78, 5) is 27.3. The zero-order chi connectivity index (χ0) is 29.8. The molecule has 220 valence electrons. The van der Waals surface area contributed by atoms with Gasteiger partial charge in [-0.25, -0.2) is 4.68 Å². The second kappa shape index (κ2) is 13.0. The fourth-order valence-electron chi connectivity index (χ4n) is 6.20. The van der Waals surface area contributed by atoms with Crippen LogP contribution >= 0.6 is 27.5 Å². The van der Waals surface area contributed by atoms with E-state index in [0.717, 1.165) is 15.7 Å². The van der Waals surface area contributed by atoms with Crippen LogP contribution in [-0.4, -0.2) is 66.4 Å². The van der Waals surface area contributed by atoms with E-state index in [1.165, 1.54) is 14.2 Å². The van der Waals surface area contributed by atoms with Crippen LogP contribution in [0.15, 0.2) is 59.2 Å². The van der Waals surface area contributed by atoms with E-state index in [4.69, 9.17) is 25.8 Å². The van der Waals surface area contributed by atoms with Crippen molar-refractivity contribution in [3.63, 3.8) is 0 Å². The Morgan fingerprint density at radius 2 is 1.78 bits per heavy atom. The number of hydrogen-bond donors (Lipinski definition) is 1. The van der Waals surface area contributed by atoms with Crippen LogP contribution in [0.1, 0.15) is 38.7 Å². The normalized spacial score (nSPS) is 26.0. The Morgan fingerprint density at radius 1 is 1.10 bits per heavy atom. The lowest BCUT2D eigenvalue weighted by Crippen LogP contribution is -2.70. The van der Waals surface area contributed by atoms with Crippen LogP contribution in [-0.2, 0) is 30.3 Å². The van der Waals surface area contributed by atoms with Crippen molar-refractivity contribution in [2.24, 2.45) is 10.8 Å². The minimum absolute atomic E-state index is 0.194. The van der Waals surface area contributed by atoms with Gasteiger partial charge in [0, 0.05) is 33.1 Å². The van der Waals surface area contributed by atoms with E-state index < -0.39 is 34.7 Å². The molecule has 0 bridgehead atoms. The van der Waals surface area contributed by atoms with Gasteiger partial charge in [0.05, 0.1) is 51.0 Å². The first-order valence-corrected chi connectivity index (χ1v) is 14.7. The standard InChI is InChI=1S/C30H36BrClN4O5/c1-6-30(28(38)40-5)25(18-41-16-15-36-17-24(34-35-36)20-11-13-21(31)14-12-20)33-19(2)29(3,27(37)39-4)26(30)22-9-7-8-10-23(22)32/h7-14,17,19,25-26,33H,6,15-16,18H2,1-5H3. The topological polar surface area (TPSA) is 105 Å². The predicted octanol–water partition coefficient (Wildman–Crippen LogP) is 5.27. The fraction of sp³-hybridized carbons (Fsp3) is 0.467. The number of rotatable bonds is 10. The number of methoxy groups -OCH3 is 2. The number of nitrogens with one attached hydrogen (secondary N) is 1. The molecule has 0 amide bonds.